The second kappa shape index (κ2) is 7.67. The number of primary amides is 1. The Kier molecular flexibility index (Phi) is 5.54. The fraction of sp³-hybridized carbons (Fsp3) is 0.167. The molecule has 0 saturated carbocycles. The number of amides is 1. The Bertz CT molecular complexity index is 1190. The summed E-state index contributed by atoms with van der Waals surface area (Å²) >= 11 is 0.540. The average Bonchev–Trinajstić information content (AvgIpc) is 2.64. The molecule has 2 aromatic carbocycles. The number of carbonyl (C=O) groups is 1. The fourth-order valence-electron chi connectivity index (χ4n) is 2.69. The average molecular weight is 447 g/mol. The summed E-state index contributed by atoms with van der Waals surface area (Å²) in [4.78, 5) is 28.2. The predicted molar refractivity (Wildman–Crippen MR) is 97.3 cm³/mol. The van der Waals surface area contributed by atoms with Gasteiger partial charge in [0, 0.05) is 0 Å². The van der Waals surface area contributed by atoms with E-state index in [0.29, 0.717) is 16.3 Å². The molecule has 0 radical (unpaired) electrons. The second-order valence-electron chi connectivity index (χ2n) is 6.03. The number of halogens is 6. The zero-order chi connectivity index (χ0) is 22.3. The van der Waals surface area contributed by atoms with E-state index in [2.05, 4.69) is 4.98 Å². The number of hydrogen-bond donors (Lipinski definition) is 1. The van der Waals surface area contributed by atoms with Crippen LogP contribution in [0.4, 0.5) is 26.3 Å². The van der Waals surface area contributed by atoms with Crippen LogP contribution in [0.3, 0.4) is 0 Å². The second-order valence-corrected chi connectivity index (χ2v) is 6.98. The van der Waals surface area contributed by atoms with E-state index < -0.39 is 51.5 Å². The molecule has 5 nitrogen and oxygen atoms in total. The molecule has 158 valence electrons. The molecule has 0 bridgehead atoms. The van der Waals surface area contributed by atoms with Crippen molar-refractivity contribution < 1.29 is 31.1 Å². The summed E-state index contributed by atoms with van der Waals surface area (Å²) in [6, 6.07) is 6.41. The number of benzene rings is 2. The lowest BCUT2D eigenvalue weighted by Gasteiger charge is -2.19. The molecule has 0 aliphatic rings. The van der Waals surface area contributed by atoms with E-state index in [4.69, 9.17) is 5.73 Å². The Morgan fingerprint density at radius 2 is 1.70 bits per heavy atom. The number of para-hydroxylation sites is 1. The zero-order valence-electron chi connectivity index (χ0n) is 14.7. The van der Waals surface area contributed by atoms with Crippen LogP contribution in [0.25, 0.3) is 16.6 Å². The molecule has 0 spiro atoms. The molecule has 0 unspecified atom stereocenters. The predicted octanol–water partition coefficient (Wildman–Crippen LogP) is 4.00. The molecule has 1 heterocycles. The first-order chi connectivity index (χ1) is 13.9. The van der Waals surface area contributed by atoms with Crippen LogP contribution in [0.5, 0.6) is 0 Å². The Labute approximate surface area is 168 Å². The lowest BCUT2D eigenvalue weighted by atomic mass is 10.1. The summed E-state index contributed by atoms with van der Waals surface area (Å²) in [5.74, 6) is -1.31. The van der Waals surface area contributed by atoms with Crippen molar-refractivity contribution in [2.45, 2.75) is 17.5 Å². The first kappa shape index (κ1) is 21.7. The van der Waals surface area contributed by atoms with Gasteiger partial charge in [0.05, 0.1) is 33.5 Å². The SMILES string of the molecule is NC(=O)CSc1nc2ccccc2c(=O)n1-c1cc(C(F)(F)F)ccc1C(F)(F)F. The molecule has 0 aliphatic carbocycles. The molecule has 0 fully saturated rings. The molecule has 2 N–H and O–H groups in total. The molecular weight excluding hydrogens is 436 g/mol. The van der Waals surface area contributed by atoms with Gasteiger partial charge in [-0.15, -0.1) is 0 Å². The zero-order valence-corrected chi connectivity index (χ0v) is 15.5. The lowest BCUT2D eigenvalue weighted by Crippen LogP contribution is -2.26. The lowest BCUT2D eigenvalue weighted by molar-refractivity contribution is -0.141. The molecular formula is C18H11F6N3O2S. The van der Waals surface area contributed by atoms with E-state index in [1.54, 1.807) is 0 Å². The quantitative estimate of drug-likeness (QED) is 0.373. The summed E-state index contributed by atoms with van der Waals surface area (Å²) < 4.78 is 80.6. The van der Waals surface area contributed by atoms with Crippen molar-refractivity contribution in [3.05, 3.63) is 63.9 Å². The minimum atomic E-state index is -5.06. The van der Waals surface area contributed by atoms with Crippen LogP contribution >= 0.6 is 11.8 Å². The fourth-order valence-corrected chi connectivity index (χ4v) is 3.43. The van der Waals surface area contributed by atoms with Crippen molar-refractivity contribution in [3.63, 3.8) is 0 Å². The number of hydrogen-bond acceptors (Lipinski definition) is 4. The minimum Gasteiger partial charge on any atom is -0.369 e. The van der Waals surface area contributed by atoms with Gasteiger partial charge in [-0.3, -0.25) is 14.2 Å². The number of nitrogens with zero attached hydrogens (tertiary/aromatic N) is 2. The third-order valence-electron chi connectivity index (χ3n) is 3.96. The van der Waals surface area contributed by atoms with Crippen LogP contribution in [-0.2, 0) is 17.1 Å². The largest absolute Gasteiger partial charge is 0.418 e. The van der Waals surface area contributed by atoms with Gasteiger partial charge in [-0.05, 0) is 30.3 Å². The molecule has 1 amide bonds. The maximum absolute atomic E-state index is 13.6. The number of fused-ring (bicyclic) bond motifs is 1. The molecule has 0 saturated heterocycles. The maximum atomic E-state index is 13.6. The number of carbonyl (C=O) groups excluding carboxylic acids is 1. The smallest absolute Gasteiger partial charge is 0.369 e. The van der Waals surface area contributed by atoms with Crippen LogP contribution in [0.15, 0.2) is 52.4 Å². The summed E-state index contributed by atoms with van der Waals surface area (Å²) in [5, 5.41) is -0.506. The highest BCUT2D eigenvalue weighted by atomic mass is 32.2. The van der Waals surface area contributed by atoms with E-state index in [1.165, 1.54) is 24.3 Å². The Morgan fingerprint density at radius 3 is 2.30 bits per heavy atom. The molecule has 3 rings (SSSR count). The van der Waals surface area contributed by atoms with Crippen LogP contribution in [-0.4, -0.2) is 21.2 Å². The number of aromatic nitrogens is 2. The van der Waals surface area contributed by atoms with Crippen LogP contribution in [0, 0.1) is 0 Å². The van der Waals surface area contributed by atoms with Gasteiger partial charge in [0.25, 0.3) is 5.56 Å². The molecule has 0 aliphatic heterocycles. The Balaban J connectivity index is 2.42. The molecule has 0 atom stereocenters. The third-order valence-corrected chi connectivity index (χ3v) is 4.92. The maximum Gasteiger partial charge on any atom is 0.418 e. The van der Waals surface area contributed by atoms with Crippen molar-refractivity contribution in [1.82, 2.24) is 9.55 Å². The van der Waals surface area contributed by atoms with Gasteiger partial charge in [-0.25, -0.2) is 4.98 Å². The molecule has 1 aromatic heterocycles. The summed E-state index contributed by atoms with van der Waals surface area (Å²) in [5.41, 5.74) is 0.254. The first-order valence-electron chi connectivity index (χ1n) is 8.11. The molecule has 3 aromatic rings. The van der Waals surface area contributed by atoms with Gasteiger partial charge in [0.15, 0.2) is 5.16 Å². The third kappa shape index (κ3) is 4.27. The standard InChI is InChI=1S/C18H11F6N3O2S/c19-17(20,21)9-5-6-11(18(22,23)24)13(7-9)27-15(29)10-3-1-2-4-12(10)26-16(27)30-8-14(25)28/h1-7H,8H2,(H2,25,28). The van der Waals surface area contributed by atoms with Gasteiger partial charge in [0.1, 0.15) is 0 Å². The van der Waals surface area contributed by atoms with Crippen LogP contribution in [0.1, 0.15) is 11.1 Å². The van der Waals surface area contributed by atoms with E-state index in [-0.39, 0.29) is 29.1 Å². The van der Waals surface area contributed by atoms with Crippen molar-refractivity contribution in [1.29, 1.82) is 0 Å². The van der Waals surface area contributed by atoms with E-state index in [0.717, 1.165) is 0 Å². The van der Waals surface area contributed by atoms with E-state index in [9.17, 15) is 35.9 Å². The van der Waals surface area contributed by atoms with Crippen molar-refractivity contribution in [2.24, 2.45) is 5.73 Å². The number of thioether (sulfide) groups is 1. The van der Waals surface area contributed by atoms with Gasteiger partial charge in [-0.2, -0.15) is 26.3 Å². The van der Waals surface area contributed by atoms with Gasteiger partial charge >= 0.3 is 12.4 Å². The van der Waals surface area contributed by atoms with Gasteiger partial charge < -0.3 is 5.73 Å². The van der Waals surface area contributed by atoms with E-state index in [1.807, 2.05) is 0 Å². The molecule has 12 heteroatoms. The van der Waals surface area contributed by atoms with Gasteiger partial charge in [0.2, 0.25) is 5.91 Å². The highest BCUT2D eigenvalue weighted by Crippen LogP contribution is 2.38. The normalized spacial score (nSPS) is 12.3. The van der Waals surface area contributed by atoms with Gasteiger partial charge in [-0.1, -0.05) is 23.9 Å². The summed E-state index contributed by atoms with van der Waals surface area (Å²) in [6.07, 6.45) is -10.0. The summed E-state index contributed by atoms with van der Waals surface area (Å²) in [6.45, 7) is 0. The highest BCUT2D eigenvalue weighted by Gasteiger charge is 2.38. The summed E-state index contributed by atoms with van der Waals surface area (Å²) in [7, 11) is 0. The van der Waals surface area contributed by atoms with Crippen LogP contribution in [0.2, 0.25) is 0 Å². The monoisotopic (exact) mass is 447 g/mol. The Morgan fingerprint density at radius 1 is 1.03 bits per heavy atom. The van der Waals surface area contributed by atoms with Crippen LogP contribution < -0.4 is 11.3 Å². The number of nitrogens with two attached hydrogens (primary N) is 1. The molecule has 30 heavy (non-hydrogen) atoms. The number of alkyl halides is 6. The van der Waals surface area contributed by atoms with Crippen molar-refractivity contribution in [2.75, 3.05) is 5.75 Å². The minimum absolute atomic E-state index is 0.103. The topological polar surface area (TPSA) is 78.0 Å². The van der Waals surface area contributed by atoms with Crippen molar-refractivity contribution in [3.8, 4) is 5.69 Å². The van der Waals surface area contributed by atoms with Crippen molar-refractivity contribution >= 4 is 28.6 Å². The Hall–Kier alpha value is -3.02. The first-order valence-corrected chi connectivity index (χ1v) is 9.10. The van der Waals surface area contributed by atoms with E-state index >= 15 is 0 Å². The number of rotatable bonds is 4. The highest BCUT2D eigenvalue weighted by molar-refractivity contribution is 7.99.